The Kier molecular flexibility index (Phi) is 15.9. The lowest BCUT2D eigenvalue weighted by Crippen LogP contribution is -2.41. The predicted octanol–water partition coefficient (Wildman–Crippen LogP) is 4.58. The Balaban J connectivity index is 5.11. The molecule has 0 aromatic heterocycles. The molecule has 45 heavy (non-hydrogen) atoms. The maximum atomic E-state index is 12.8. The Bertz CT molecular complexity index is 990. The molecule has 0 aliphatic rings. The van der Waals surface area contributed by atoms with Crippen molar-refractivity contribution < 1.29 is 109 Å². The molecule has 0 saturated carbocycles. The number of halogens is 15. The van der Waals surface area contributed by atoms with Gasteiger partial charge in [0.1, 0.15) is 39.6 Å². The summed E-state index contributed by atoms with van der Waals surface area (Å²) in [5.74, 6) is -20.6. The van der Waals surface area contributed by atoms with Gasteiger partial charge in [-0.05, 0) is 0 Å². The Morgan fingerprint density at radius 3 is 1.16 bits per heavy atom. The van der Waals surface area contributed by atoms with E-state index in [9.17, 15) is 80.2 Å². The Hall–Kier alpha value is -3.02. The fourth-order valence-corrected chi connectivity index (χ4v) is 2.12. The number of ether oxygens (including phenoxy) is 6. The highest BCUT2D eigenvalue weighted by Gasteiger charge is 2.59. The standard InChI is InChI=1S/C21H21F15O9/c22-16(23,19(28,29)30)9-40-1-4-43-13(37)7-12(15(39)45-6-3-42-11-18(26,27)21(34,35)36)8-14(38)44-5-2-41-10-17(24,25)20(31,32)33/h7H,1-6,8-11H2. The normalized spacial score (nSPS) is 13.9. The third kappa shape index (κ3) is 15.7. The molecule has 0 atom stereocenters. The number of hydrogen-bond donors (Lipinski definition) is 0. The molecule has 0 aromatic rings. The molecule has 0 aromatic carbocycles. The van der Waals surface area contributed by atoms with Crippen molar-refractivity contribution >= 4 is 17.9 Å². The summed E-state index contributed by atoms with van der Waals surface area (Å²) in [6.45, 7) is -12.7. The van der Waals surface area contributed by atoms with Crippen molar-refractivity contribution in [3.05, 3.63) is 11.6 Å². The van der Waals surface area contributed by atoms with Crippen LogP contribution in [0.5, 0.6) is 0 Å². The van der Waals surface area contributed by atoms with E-state index in [1.807, 2.05) is 0 Å². The van der Waals surface area contributed by atoms with Crippen LogP contribution in [0, 0.1) is 0 Å². The maximum Gasteiger partial charge on any atom is 0.455 e. The van der Waals surface area contributed by atoms with Gasteiger partial charge in [0.25, 0.3) is 0 Å². The van der Waals surface area contributed by atoms with Gasteiger partial charge in [0.2, 0.25) is 0 Å². The van der Waals surface area contributed by atoms with Crippen molar-refractivity contribution in [1.82, 2.24) is 0 Å². The lowest BCUT2D eigenvalue weighted by atomic mass is 10.2. The summed E-state index contributed by atoms with van der Waals surface area (Å²) in [7, 11) is 0. The van der Waals surface area contributed by atoms with Crippen LogP contribution in [0.3, 0.4) is 0 Å². The summed E-state index contributed by atoms with van der Waals surface area (Å²) in [5, 5.41) is 0. The largest absolute Gasteiger partial charge is 0.463 e. The summed E-state index contributed by atoms with van der Waals surface area (Å²) >= 11 is 0. The summed E-state index contributed by atoms with van der Waals surface area (Å²) in [5.41, 5.74) is -1.03. The van der Waals surface area contributed by atoms with Crippen molar-refractivity contribution in [2.75, 3.05) is 59.5 Å². The molecule has 0 aliphatic heterocycles. The molecule has 0 radical (unpaired) electrons. The van der Waals surface area contributed by atoms with E-state index < -0.39 is 126 Å². The van der Waals surface area contributed by atoms with E-state index in [4.69, 9.17) is 0 Å². The van der Waals surface area contributed by atoms with Crippen LogP contribution in [0.15, 0.2) is 11.6 Å². The average Bonchev–Trinajstić information content (AvgIpc) is 2.85. The minimum atomic E-state index is -5.98. The van der Waals surface area contributed by atoms with E-state index in [2.05, 4.69) is 28.4 Å². The minimum absolute atomic E-state index is 0.160. The molecule has 0 amide bonds. The second-order valence-corrected chi connectivity index (χ2v) is 8.13. The Labute approximate surface area is 241 Å². The fourth-order valence-electron chi connectivity index (χ4n) is 2.12. The van der Waals surface area contributed by atoms with Gasteiger partial charge in [-0.2, -0.15) is 65.9 Å². The minimum Gasteiger partial charge on any atom is -0.463 e. The first-order valence-corrected chi connectivity index (χ1v) is 11.5. The highest BCUT2D eigenvalue weighted by molar-refractivity contribution is 5.99. The zero-order valence-electron chi connectivity index (χ0n) is 22.0. The molecule has 24 heteroatoms. The van der Waals surface area contributed by atoms with Gasteiger partial charge in [0.05, 0.1) is 31.8 Å². The molecule has 264 valence electrons. The SMILES string of the molecule is O=C(C=C(CC(=O)OCCOCC(F)(F)C(F)(F)F)C(=O)OCCOCC(F)(F)C(F)(F)F)OCCOCC(F)(F)C(F)(F)F. The van der Waals surface area contributed by atoms with Gasteiger partial charge in [-0.15, -0.1) is 0 Å². The number of alkyl halides is 15. The van der Waals surface area contributed by atoms with E-state index in [1.54, 1.807) is 0 Å². The summed E-state index contributed by atoms with van der Waals surface area (Å²) in [4.78, 5) is 36.0. The molecular weight excluding hydrogens is 681 g/mol. The lowest BCUT2D eigenvalue weighted by molar-refractivity contribution is -0.297. The van der Waals surface area contributed by atoms with E-state index in [1.165, 1.54) is 0 Å². The van der Waals surface area contributed by atoms with Crippen LogP contribution in [0.25, 0.3) is 0 Å². The molecule has 0 aliphatic carbocycles. The van der Waals surface area contributed by atoms with Crippen molar-refractivity contribution in [3.8, 4) is 0 Å². The van der Waals surface area contributed by atoms with Crippen molar-refractivity contribution in [2.24, 2.45) is 0 Å². The predicted molar refractivity (Wildman–Crippen MR) is 111 cm³/mol. The second-order valence-electron chi connectivity index (χ2n) is 8.13. The van der Waals surface area contributed by atoms with E-state index in [0.29, 0.717) is 0 Å². The molecular formula is C21H21F15O9. The van der Waals surface area contributed by atoms with Gasteiger partial charge >= 0.3 is 54.2 Å². The molecule has 0 spiro atoms. The quantitative estimate of drug-likeness (QED) is 0.0630. The van der Waals surface area contributed by atoms with Crippen LogP contribution >= 0.6 is 0 Å². The first-order chi connectivity index (χ1) is 20.2. The van der Waals surface area contributed by atoms with Crippen molar-refractivity contribution in [3.63, 3.8) is 0 Å². The van der Waals surface area contributed by atoms with Crippen LogP contribution in [0.1, 0.15) is 6.42 Å². The third-order valence-electron chi connectivity index (χ3n) is 4.41. The first kappa shape index (κ1) is 42.0. The smallest absolute Gasteiger partial charge is 0.455 e. The zero-order valence-corrected chi connectivity index (χ0v) is 22.0. The monoisotopic (exact) mass is 702 g/mol. The molecule has 0 rings (SSSR count). The summed E-state index contributed by atoms with van der Waals surface area (Å²) in [6.07, 6.45) is -19.0. The molecule has 0 heterocycles. The number of carbonyl (C=O) groups excluding carboxylic acids is 3. The Morgan fingerprint density at radius 1 is 0.467 bits per heavy atom. The Morgan fingerprint density at radius 2 is 0.800 bits per heavy atom. The lowest BCUT2D eigenvalue weighted by Gasteiger charge is -2.19. The number of esters is 3. The molecule has 9 nitrogen and oxygen atoms in total. The van der Waals surface area contributed by atoms with Crippen LogP contribution in [0.2, 0.25) is 0 Å². The van der Waals surface area contributed by atoms with Crippen molar-refractivity contribution in [1.29, 1.82) is 0 Å². The average molecular weight is 702 g/mol. The van der Waals surface area contributed by atoms with Crippen LogP contribution < -0.4 is 0 Å². The molecule has 0 unspecified atom stereocenters. The van der Waals surface area contributed by atoms with Gasteiger partial charge in [-0.25, -0.2) is 9.59 Å². The summed E-state index contributed by atoms with van der Waals surface area (Å²) < 4.78 is 211. The van der Waals surface area contributed by atoms with Gasteiger partial charge in [0.15, 0.2) is 0 Å². The third-order valence-corrected chi connectivity index (χ3v) is 4.41. The zero-order chi connectivity index (χ0) is 35.3. The maximum absolute atomic E-state index is 12.8. The fraction of sp³-hybridized carbons (Fsp3) is 0.762. The van der Waals surface area contributed by atoms with Gasteiger partial charge in [-0.1, -0.05) is 0 Å². The number of carbonyl (C=O) groups is 3. The second kappa shape index (κ2) is 17.1. The topological polar surface area (TPSA) is 107 Å². The van der Waals surface area contributed by atoms with Crippen LogP contribution in [0.4, 0.5) is 65.9 Å². The van der Waals surface area contributed by atoms with E-state index in [0.717, 1.165) is 0 Å². The van der Waals surface area contributed by atoms with E-state index >= 15 is 0 Å². The van der Waals surface area contributed by atoms with Gasteiger partial charge < -0.3 is 28.4 Å². The van der Waals surface area contributed by atoms with Gasteiger partial charge in [0, 0.05) is 6.08 Å². The van der Waals surface area contributed by atoms with E-state index in [-0.39, 0.29) is 6.08 Å². The molecule has 0 bridgehead atoms. The van der Waals surface area contributed by atoms with Crippen LogP contribution in [-0.4, -0.2) is 114 Å². The van der Waals surface area contributed by atoms with Crippen molar-refractivity contribution in [2.45, 2.75) is 42.7 Å². The first-order valence-electron chi connectivity index (χ1n) is 11.5. The molecule has 0 fully saturated rings. The van der Waals surface area contributed by atoms with Gasteiger partial charge in [-0.3, -0.25) is 4.79 Å². The molecule has 0 N–H and O–H groups in total. The summed E-state index contributed by atoms with van der Waals surface area (Å²) in [6, 6.07) is 0. The highest BCUT2D eigenvalue weighted by Crippen LogP contribution is 2.37. The number of hydrogen-bond acceptors (Lipinski definition) is 9. The number of rotatable bonds is 19. The molecule has 0 saturated heterocycles. The van der Waals surface area contributed by atoms with Crippen LogP contribution in [-0.2, 0) is 42.8 Å². The highest BCUT2D eigenvalue weighted by atomic mass is 19.4.